The summed E-state index contributed by atoms with van der Waals surface area (Å²) in [4.78, 5) is 1.06. The number of methoxy groups -OCH3 is 1. The van der Waals surface area contributed by atoms with E-state index < -0.39 is 6.10 Å². The number of ether oxygens (including phenoxy) is 1. The fourth-order valence-electron chi connectivity index (χ4n) is 1.75. The first-order chi connectivity index (χ1) is 7.65. The van der Waals surface area contributed by atoms with Crippen LogP contribution < -0.4 is 10.1 Å². The van der Waals surface area contributed by atoms with Crippen LogP contribution in [0.15, 0.2) is 17.0 Å². The molecule has 0 aliphatic carbocycles. The van der Waals surface area contributed by atoms with Crippen molar-refractivity contribution in [3.8, 4) is 5.75 Å². The number of aliphatic hydroxyl groups is 1. The molecule has 0 aliphatic heterocycles. The molecule has 1 atom stereocenters. The van der Waals surface area contributed by atoms with Crippen molar-refractivity contribution in [2.45, 2.75) is 17.9 Å². The molecule has 0 aliphatic rings. The van der Waals surface area contributed by atoms with Crippen LogP contribution in [0.3, 0.4) is 0 Å². The third-order valence-electron chi connectivity index (χ3n) is 2.51. The molecule has 0 heterocycles. The summed E-state index contributed by atoms with van der Waals surface area (Å²) in [6.45, 7) is 2.51. The van der Waals surface area contributed by atoms with E-state index in [9.17, 15) is 5.11 Å². The number of thioether (sulfide) groups is 1. The van der Waals surface area contributed by atoms with Crippen LogP contribution in [0.25, 0.3) is 0 Å². The van der Waals surface area contributed by atoms with Crippen molar-refractivity contribution in [3.05, 3.63) is 23.3 Å². The Hall–Kier alpha value is -0.710. The van der Waals surface area contributed by atoms with Crippen LogP contribution in [0.2, 0.25) is 0 Å². The maximum Gasteiger partial charge on any atom is 0.128 e. The molecule has 0 amide bonds. The van der Waals surface area contributed by atoms with Gasteiger partial charge >= 0.3 is 0 Å². The predicted molar refractivity (Wildman–Crippen MR) is 68.4 cm³/mol. The van der Waals surface area contributed by atoms with Crippen LogP contribution >= 0.6 is 11.8 Å². The van der Waals surface area contributed by atoms with Crippen molar-refractivity contribution < 1.29 is 9.84 Å². The lowest BCUT2D eigenvalue weighted by Crippen LogP contribution is -2.18. The second kappa shape index (κ2) is 6.13. The molecule has 16 heavy (non-hydrogen) atoms. The molecule has 2 N–H and O–H groups in total. The largest absolute Gasteiger partial charge is 0.496 e. The number of benzene rings is 1. The first-order valence-electron chi connectivity index (χ1n) is 5.19. The van der Waals surface area contributed by atoms with Crippen LogP contribution in [-0.2, 0) is 0 Å². The van der Waals surface area contributed by atoms with Crippen molar-refractivity contribution in [2.75, 3.05) is 27.0 Å². The van der Waals surface area contributed by atoms with Crippen LogP contribution in [0.5, 0.6) is 5.75 Å². The molecule has 0 bridgehead atoms. The summed E-state index contributed by atoms with van der Waals surface area (Å²) >= 11 is 1.62. The van der Waals surface area contributed by atoms with Crippen LogP contribution in [0.1, 0.15) is 17.2 Å². The zero-order chi connectivity index (χ0) is 12.1. The summed E-state index contributed by atoms with van der Waals surface area (Å²) in [5, 5.41) is 13.1. The van der Waals surface area contributed by atoms with Gasteiger partial charge in [-0.3, -0.25) is 0 Å². The molecule has 0 fully saturated rings. The van der Waals surface area contributed by atoms with E-state index in [-0.39, 0.29) is 0 Å². The summed E-state index contributed by atoms with van der Waals surface area (Å²) in [6, 6.07) is 4.04. The van der Waals surface area contributed by atoms with Gasteiger partial charge in [-0.1, -0.05) is 6.07 Å². The highest BCUT2D eigenvalue weighted by atomic mass is 32.2. The maximum atomic E-state index is 10.1. The molecule has 3 nitrogen and oxygen atoms in total. The Morgan fingerprint density at radius 1 is 1.50 bits per heavy atom. The van der Waals surface area contributed by atoms with Crippen molar-refractivity contribution in [1.29, 1.82) is 0 Å². The lowest BCUT2D eigenvalue weighted by molar-refractivity contribution is 0.170. The van der Waals surface area contributed by atoms with E-state index in [1.165, 1.54) is 0 Å². The lowest BCUT2D eigenvalue weighted by Gasteiger charge is -2.19. The Balaban J connectivity index is 3.24. The van der Waals surface area contributed by atoms with Gasteiger partial charge in [-0.2, -0.15) is 0 Å². The Labute approximate surface area is 101 Å². The minimum Gasteiger partial charge on any atom is -0.496 e. The first kappa shape index (κ1) is 13.4. The number of nitrogens with one attached hydrogen (secondary N) is 1. The average Bonchev–Trinajstić information content (AvgIpc) is 2.28. The molecule has 4 heteroatoms. The van der Waals surface area contributed by atoms with E-state index >= 15 is 0 Å². The first-order valence-corrected chi connectivity index (χ1v) is 6.42. The Bertz CT molecular complexity index is 355. The molecule has 1 unspecified atom stereocenters. The number of aryl methyl sites for hydroxylation is 1. The van der Waals surface area contributed by atoms with E-state index in [2.05, 4.69) is 5.32 Å². The molecule has 0 radical (unpaired) electrons. The van der Waals surface area contributed by atoms with Gasteiger partial charge in [0.05, 0.1) is 13.2 Å². The molecule has 0 saturated heterocycles. The van der Waals surface area contributed by atoms with Gasteiger partial charge < -0.3 is 15.2 Å². The van der Waals surface area contributed by atoms with Crippen molar-refractivity contribution in [2.24, 2.45) is 0 Å². The third-order valence-corrected chi connectivity index (χ3v) is 3.30. The number of likely N-dealkylation sites (N-methyl/N-ethyl adjacent to an activating group) is 1. The summed E-state index contributed by atoms with van der Waals surface area (Å²) < 4.78 is 5.38. The maximum absolute atomic E-state index is 10.1. The van der Waals surface area contributed by atoms with Crippen molar-refractivity contribution in [3.63, 3.8) is 0 Å². The van der Waals surface area contributed by atoms with Crippen molar-refractivity contribution in [1.82, 2.24) is 5.32 Å². The molecule has 1 aromatic rings. The summed E-state index contributed by atoms with van der Waals surface area (Å²) in [6.07, 6.45) is 1.46. The zero-order valence-corrected chi connectivity index (χ0v) is 11.0. The van der Waals surface area contributed by atoms with Gasteiger partial charge in [0.2, 0.25) is 0 Å². The molecule has 0 aromatic heterocycles. The minimum absolute atomic E-state index is 0.521. The highest BCUT2D eigenvalue weighted by molar-refractivity contribution is 7.98. The monoisotopic (exact) mass is 241 g/mol. The molecule has 0 saturated carbocycles. The van der Waals surface area contributed by atoms with Gasteiger partial charge in [-0.15, -0.1) is 11.8 Å². The topological polar surface area (TPSA) is 41.5 Å². The normalized spacial score (nSPS) is 12.6. The third kappa shape index (κ3) is 2.70. The van der Waals surface area contributed by atoms with Gasteiger partial charge in [-0.05, 0) is 31.9 Å². The Morgan fingerprint density at radius 3 is 2.69 bits per heavy atom. The van der Waals surface area contributed by atoms with Gasteiger partial charge in [0, 0.05) is 17.0 Å². The molecule has 1 rings (SSSR count). The fraction of sp³-hybridized carbons (Fsp3) is 0.500. The van der Waals surface area contributed by atoms with Crippen LogP contribution in [-0.4, -0.2) is 32.1 Å². The van der Waals surface area contributed by atoms with Crippen molar-refractivity contribution >= 4 is 11.8 Å². The van der Waals surface area contributed by atoms with E-state index in [0.717, 1.165) is 21.8 Å². The van der Waals surface area contributed by atoms with E-state index in [4.69, 9.17) is 4.74 Å². The standard InChI is InChI=1S/C12H19NO2S/c1-8-5-6-10(16-4)11(12(8)15-3)9(14)7-13-2/h5-6,9,13-14H,7H2,1-4H3. The molecular weight excluding hydrogens is 222 g/mol. The van der Waals surface area contributed by atoms with Crippen LogP contribution in [0, 0.1) is 6.92 Å². The summed E-state index contributed by atoms with van der Waals surface area (Å²) in [5.74, 6) is 0.787. The molecule has 90 valence electrons. The smallest absolute Gasteiger partial charge is 0.128 e. The summed E-state index contributed by atoms with van der Waals surface area (Å²) in [5.41, 5.74) is 1.93. The highest BCUT2D eigenvalue weighted by Crippen LogP contribution is 2.36. The van der Waals surface area contributed by atoms with Gasteiger partial charge in [-0.25, -0.2) is 0 Å². The van der Waals surface area contributed by atoms with Gasteiger partial charge in [0.25, 0.3) is 0 Å². The second-order valence-corrected chi connectivity index (χ2v) is 4.45. The summed E-state index contributed by atoms with van der Waals surface area (Å²) in [7, 11) is 3.46. The van der Waals surface area contributed by atoms with E-state index in [0.29, 0.717) is 6.54 Å². The number of rotatable bonds is 5. The van der Waals surface area contributed by atoms with Gasteiger partial charge in [0.15, 0.2) is 0 Å². The zero-order valence-electron chi connectivity index (χ0n) is 10.2. The molecule has 0 spiro atoms. The number of hydrogen-bond acceptors (Lipinski definition) is 4. The highest BCUT2D eigenvalue weighted by Gasteiger charge is 2.18. The van der Waals surface area contributed by atoms with Gasteiger partial charge in [0.1, 0.15) is 5.75 Å². The van der Waals surface area contributed by atoms with E-state index in [1.807, 2.05) is 32.4 Å². The average molecular weight is 241 g/mol. The second-order valence-electron chi connectivity index (χ2n) is 3.61. The Kier molecular flexibility index (Phi) is 5.12. The predicted octanol–water partition coefficient (Wildman–Crippen LogP) is 1.98. The number of hydrogen-bond donors (Lipinski definition) is 2. The van der Waals surface area contributed by atoms with E-state index in [1.54, 1.807) is 18.9 Å². The lowest BCUT2D eigenvalue weighted by atomic mass is 10.0. The fourth-order valence-corrected chi connectivity index (χ4v) is 2.40. The molecule has 1 aromatic carbocycles. The quantitative estimate of drug-likeness (QED) is 0.774. The number of aliphatic hydroxyl groups excluding tert-OH is 1. The van der Waals surface area contributed by atoms with Crippen LogP contribution in [0.4, 0.5) is 0 Å². The SMILES string of the molecule is CNCC(O)c1c(SC)ccc(C)c1OC. The minimum atomic E-state index is -0.540. The molecular formula is C12H19NO2S. The Morgan fingerprint density at radius 2 is 2.19 bits per heavy atom.